The third kappa shape index (κ3) is 5.50. The summed E-state index contributed by atoms with van der Waals surface area (Å²) in [5.74, 6) is -0.0829. The topological polar surface area (TPSA) is 45.2 Å². The number of hydrogen-bond donors (Lipinski definition) is 1. The molecule has 0 unspecified atom stereocenters. The van der Waals surface area contributed by atoms with E-state index < -0.39 is 0 Å². The van der Waals surface area contributed by atoms with Crippen molar-refractivity contribution in [3.8, 4) is 11.1 Å². The van der Waals surface area contributed by atoms with Crippen molar-refractivity contribution in [3.05, 3.63) is 83.1 Å². The Kier molecular flexibility index (Phi) is 7.45. The van der Waals surface area contributed by atoms with Crippen LogP contribution in [0.15, 0.2) is 66.6 Å². The van der Waals surface area contributed by atoms with Crippen molar-refractivity contribution in [2.75, 3.05) is 25.0 Å². The lowest BCUT2D eigenvalue weighted by Gasteiger charge is -2.30. The molecule has 1 saturated heterocycles. The van der Waals surface area contributed by atoms with Gasteiger partial charge in [-0.05, 0) is 69.1 Å². The van der Waals surface area contributed by atoms with E-state index in [9.17, 15) is 9.18 Å². The molecule has 4 nitrogen and oxygen atoms in total. The number of nitrogens with zero attached hydrogens (tertiary/aromatic N) is 2. The second kappa shape index (κ2) is 10.7. The molecule has 32 heavy (non-hydrogen) atoms. The van der Waals surface area contributed by atoms with Gasteiger partial charge in [-0.1, -0.05) is 36.4 Å². The maximum atomic E-state index is 13.3. The predicted molar refractivity (Wildman–Crippen MR) is 130 cm³/mol. The van der Waals surface area contributed by atoms with E-state index in [1.165, 1.54) is 12.1 Å². The molecule has 1 amide bonds. The third-order valence-electron chi connectivity index (χ3n) is 5.90. The van der Waals surface area contributed by atoms with Crippen molar-refractivity contribution in [3.63, 3.8) is 0 Å². The van der Waals surface area contributed by atoms with E-state index in [4.69, 9.17) is 0 Å². The standard InChI is InChI=1S/C26H28FN3OS/c1-2-3-6-15-30-16-13-20(14-17-30)26-29-24(18-32-26)25(31)28-23-8-5-4-7-22(23)19-9-11-21(27)12-10-19/h2,4-5,7-12,18,20H,1,3,6,13-17H2,(H,28,31). The summed E-state index contributed by atoms with van der Waals surface area (Å²) in [5.41, 5.74) is 2.83. The van der Waals surface area contributed by atoms with Crippen LogP contribution in [0.4, 0.5) is 10.1 Å². The minimum absolute atomic E-state index is 0.219. The number of piperidine rings is 1. The third-order valence-corrected chi connectivity index (χ3v) is 6.91. The second-order valence-corrected chi connectivity index (χ2v) is 9.01. The quantitative estimate of drug-likeness (QED) is 0.322. The molecule has 3 aromatic rings. The maximum absolute atomic E-state index is 13.3. The molecular formula is C26H28FN3OS. The SMILES string of the molecule is C=CCCCN1CCC(c2nc(C(=O)Nc3ccccc3-c3ccc(F)cc3)cs2)CC1. The molecule has 0 bridgehead atoms. The normalized spacial score (nSPS) is 14.9. The molecule has 1 N–H and O–H groups in total. The van der Waals surface area contributed by atoms with Gasteiger partial charge >= 0.3 is 0 Å². The van der Waals surface area contributed by atoms with Crippen molar-refractivity contribution < 1.29 is 9.18 Å². The molecule has 0 spiro atoms. The zero-order valence-electron chi connectivity index (χ0n) is 18.1. The first-order valence-electron chi connectivity index (χ1n) is 11.1. The van der Waals surface area contributed by atoms with Gasteiger partial charge in [-0.15, -0.1) is 17.9 Å². The van der Waals surface area contributed by atoms with Crippen LogP contribution in [0.5, 0.6) is 0 Å². The molecule has 1 aliphatic rings. The molecule has 2 heterocycles. The molecule has 166 valence electrons. The van der Waals surface area contributed by atoms with Gasteiger partial charge in [-0.2, -0.15) is 0 Å². The highest BCUT2D eigenvalue weighted by atomic mass is 32.1. The Hall–Kier alpha value is -2.83. The van der Waals surface area contributed by atoms with Crippen LogP contribution in [0.1, 0.15) is 47.1 Å². The first kappa shape index (κ1) is 22.4. The van der Waals surface area contributed by atoms with Crippen molar-refractivity contribution in [2.45, 2.75) is 31.6 Å². The first-order valence-corrected chi connectivity index (χ1v) is 12.0. The largest absolute Gasteiger partial charge is 0.320 e. The minimum Gasteiger partial charge on any atom is -0.320 e. The number of nitrogens with one attached hydrogen (secondary N) is 1. The fourth-order valence-corrected chi connectivity index (χ4v) is 5.07. The molecule has 0 radical (unpaired) electrons. The van der Waals surface area contributed by atoms with E-state index in [1.807, 2.05) is 35.7 Å². The number of aromatic nitrogens is 1. The lowest BCUT2D eigenvalue weighted by Crippen LogP contribution is -2.33. The predicted octanol–water partition coefficient (Wildman–Crippen LogP) is 6.35. The Morgan fingerprint density at radius 1 is 1.19 bits per heavy atom. The van der Waals surface area contributed by atoms with Crippen molar-refractivity contribution in [2.24, 2.45) is 0 Å². The molecular weight excluding hydrogens is 421 g/mol. The van der Waals surface area contributed by atoms with Crippen LogP contribution in [0, 0.1) is 5.82 Å². The number of unbranched alkanes of at least 4 members (excludes halogenated alkanes) is 1. The number of rotatable bonds is 8. The number of anilines is 1. The second-order valence-electron chi connectivity index (χ2n) is 8.12. The van der Waals surface area contributed by atoms with Gasteiger partial charge in [0.15, 0.2) is 0 Å². The highest BCUT2D eigenvalue weighted by Crippen LogP contribution is 2.32. The van der Waals surface area contributed by atoms with E-state index in [0.717, 1.165) is 61.5 Å². The number of thiazole rings is 1. The maximum Gasteiger partial charge on any atom is 0.275 e. The van der Waals surface area contributed by atoms with Crippen molar-refractivity contribution >= 4 is 22.9 Å². The number of benzene rings is 2. The zero-order chi connectivity index (χ0) is 22.3. The number of carbonyl (C=O) groups is 1. The highest BCUT2D eigenvalue weighted by molar-refractivity contribution is 7.10. The zero-order valence-corrected chi connectivity index (χ0v) is 18.9. The molecule has 1 aliphatic heterocycles. The summed E-state index contributed by atoms with van der Waals surface area (Å²) < 4.78 is 13.3. The molecule has 4 rings (SSSR count). The summed E-state index contributed by atoms with van der Waals surface area (Å²) >= 11 is 1.57. The van der Waals surface area contributed by atoms with Gasteiger partial charge < -0.3 is 10.2 Å². The number of hydrogen-bond acceptors (Lipinski definition) is 4. The van der Waals surface area contributed by atoms with E-state index in [-0.39, 0.29) is 11.7 Å². The summed E-state index contributed by atoms with van der Waals surface area (Å²) in [5, 5.41) is 5.88. The molecule has 2 aromatic carbocycles. The Morgan fingerprint density at radius 3 is 2.69 bits per heavy atom. The number of likely N-dealkylation sites (tertiary alicyclic amines) is 1. The molecule has 1 fully saturated rings. The number of carbonyl (C=O) groups excluding carboxylic acids is 1. The summed E-state index contributed by atoms with van der Waals surface area (Å²) in [6.07, 6.45) is 6.36. The van der Waals surface area contributed by atoms with E-state index in [1.54, 1.807) is 23.5 Å². The number of halogens is 1. The van der Waals surface area contributed by atoms with E-state index >= 15 is 0 Å². The Bertz CT molecular complexity index is 1050. The lowest BCUT2D eigenvalue weighted by atomic mass is 9.97. The molecule has 6 heteroatoms. The number of amides is 1. The minimum atomic E-state index is -0.284. The Balaban J connectivity index is 1.39. The smallest absolute Gasteiger partial charge is 0.275 e. The van der Waals surface area contributed by atoms with Crippen LogP contribution in [0.25, 0.3) is 11.1 Å². The highest BCUT2D eigenvalue weighted by Gasteiger charge is 2.24. The molecule has 0 saturated carbocycles. The number of para-hydroxylation sites is 1. The van der Waals surface area contributed by atoms with Gasteiger partial charge in [-0.25, -0.2) is 9.37 Å². The van der Waals surface area contributed by atoms with Crippen LogP contribution in [0.3, 0.4) is 0 Å². The average molecular weight is 450 g/mol. The summed E-state index contributed by atoms with van der Waals surface area (Å²) in [4.78, 5) is 20.1. The average Bonchev–Trinajstić information content (AvgIpc) is 3.31. The fourth-order valence-electron chi connectivity index (χ4n) is 4.10. The molecule has 0 aliphatic carbocycles. The van der Waals surface area contributed by atoms with Crippen LogP contribution in [-0.2, 0) is 0 Å². The van der Waals surface area contributed by atoms with Gasteiger partial charge in [0.05, 0.1) is 5.01 Å². The summed E-state index contributed by atoms with van der Waals surface area (Å²) in [6, 6.07) is 13.8. The molecule has 0 atom stereocenters. The van der Waals surface area contributed by atoms with Crippen molar-refractivity contribution in [1.82, 2.24) is 9.88 Å². The summed E-state index contributed by atoms with van der Waals surface area (Å²) in [6.45, 7) is 7.07. The van der Waals surface area contributed by atoms with E-state index in [2.05, 4.69) is 21.8 Å². The van der Waals surface area contributed by atoms with Crippen LogP contribution >= 0.6 is 11.3 Å². The Morgan fingerprint density at radius 2 is 1.94 bits per heavy atom. The Labute approximate surface area is 192 Å². The lowest BCUT2D eigenvalue weighted by molar-refractivity contribution is 0.102. The van der Waals surface area contributed by atoms with Gasteiger partial charge in [0.25, 0.3) is 5.91 Å². The number of allylic oxidation sites excluding steroid dienone is 1. The van der Waals surface area contributed by atoms with Gasteiger partial charge in [0.2, 0.25) is 0 Å². The van der Waals surface area contributed by atoms with Gasteiger partial charge in [0, 0.05) is 22.5 Å². The monoisotopic (exact) mass is 449 g/mol. The molecule has 1 aromatic heterocycles. The fraction of sp³-hybridized carbons (Fsp3) is 0.308. The van der Waals surface area contributed by atoms with Crippen LogP contribution < -0.4 is 5.32 Å². The first-order chi connectivity index (χ1) is 15.6. The van der Waals surface area contributed by atoms with Crippen LogP contribution in [0.2, 0.25) is 0 Å². The van der Waals surface area contributed by atoms with Crippen molar-refractivity contribution in [1.29, 1.82) is 0 Å². The summed E-state index contributed by atoms with van der Waals surface area (Å²) in [7, 11) is 0. The van der Waals surface area contributed by atoms with E-state index in [0.29, 0.717) is 17.3 Å². The van der Waals surface area contributed by atoms with Crippen LogP contribution in [-0.4, -0.2) is 35.4 Å². The van der Waals surface area contributed by atoms with Gasteiger partial charge in [-0.3, -0.25) is 4.79 Å². The van der Waals surface area contributed by atoms with Gasteiger partial charge in [0.1, 0.15) is 11.5 Å².